The summed E-state index contributed by atoms with van der Waals surface area (Å²) in [7, 11) is 0. The third-order valence-electron chi connectivity index (χ3n) is 6.00. The lowest BCUT2D eigenvalue weighted by Gasteiger charge is -2.11. The molecule has 0 fully saturated rings. The average molecular weight is 471 g/mol. The van der Waals surface area contributed by atoms with E-state index >= 15 is 0 Å². The molecule has 0 saturated carbocycles. The molecule has 0 amide bonds. The summed E-state index contributed by atoms with van der Waals surface area (Å²) in [6.45, 7) is 4.75. The Hall–Kier alpha value is -3.57. The van der Waals surface area contributed by atoms with Crippen LogP contribution in [0.4, 0.5) is 0 Å². The Labute approximate surface area is 202 Å². The van der Waals surface area contributed by atoms with Gasteiger partial charge in [0.1, 0.15) is 12.4 Å². The van der Waals surface area contributed by atoms with Gasteiger partial charge in [0.05, 0.1) is 24.0 Å². The van der Waals surface area contributed by atoms with Crippen molar-refractivity contribution in [2.45, 2.75) is 33.3 Å². The van der Waals surface area contributed by atoms with E-state index in [1.54, 1.807) is 17.6 Å². The Morgan fingerprint density at radius 3 is 2.71 bits per heavy atom. The Balaban J connectivity index is 1.50. The van der Waals surface area contributed by atoms with Crippen LogP contribution in [-0.4, -0.2) is 12.6 Å². The first kappa shape index (κ1) is 22.2. The molecule has 0 unspecified atom stereocenters. The SMILES string of the molecule is CCOC(=O)Cc1ccccc1OCc1csc2c1cc(-c1cccc(CC)c1)c1ccoc12. The second kappa shape index (κ2) is 9.74. The standard InChI is InChI=1S/C29H26O4S/c1-3-19-8-7-10-20(14-19)24-16-25-22(18-34-29(25)28-23(24)12-13-32-28)17-33-26-11-6-5-9-21(26)15-27(30)31-4-2/h5-14,16,18H,3-4,15,17H2,1-2H3. The van der Waals surface area contributed by atoms with E-state index in [2.05, 4.69) is 42.6 Å². The molecule has 5 heteroatoms. The molecule has 0 atom stereocenters. The third kappa shape index (κ3) is 4.31. The first-order valence-corrected chi connectivity index (χ1v) is 12.4. The number of aryl methyl sites for hydroxylation is 1. The highest BCUT2D eigenvalue weighted by Gasteiger charge is 2.16. The van der Waals surface area contributed by atoms with E-state index in [1.165, 1.54) is 11.1 Å². The van der Waals surface area contributed by atoms with Gasteiger partial charge in [0.2, 0.25) is 0 Å². The molecule has 172 valence electrons. The van der Waals surface area contributed by atoms with Gasteiger partial charge in [-0.25, -0.2) is 0 Å². The minimum atomic E-state index is -0.251. The Morgan fingerprint density at radius 2 is 1.85 bits per heavy atom. The van der Waals surface area contributed by atoms with Crippen LogP contribution >= 0.6 is 11.3 Å². The van der Waals surface area contributed by atoms with Gasteiger partial charge in [-0.05, 0) is 53.6 Å². The average Bonchev–Trinajstić information content (AvgIpc) is 3.50. The highest BCUT2D eigenvalue weighted by Crippen LogP contribution is 2.40. The lowest BCUT2D eigenvalue weighted by Crippen LogP contribution is -2.09. The fourth-order valence-corrected chi connectivity index (χ4v) is 5.32. The number of thiophene rings is 1. The molecule has 0 aliphatic heterocycles. The van der Waals surface area contributed by atoms with Gasteiger partial charge in [-0.2, -0.15) is 0 Å². The minimum Gasteiger partial charge on any atom is -0.489 e. The van der Waals surface area contributed by atoms with Gasteiger partial charge in [-0.15, -0.1) is 11.3 Å². The van der Waals surface area contributed by atoms with Crippen molar-refractivity contribution in [3.05, 3.63) is 89.0 Å². The van der Waals surface area contributed by atoms with Gasteiger partial charge in [-0.3, -0.25) is 4.79 Å². The van der Waals surface area contributed by atoms with Crippen LogP contribution in [0.2, 0.25) is 0 Å². The number of furan rings is 1. The number of esters is 1. The molecule has 0 N–H and O–H groups in total. The van der Waals surface area contributed by atoms with Crippen molar-refractivity contribution < 1.29 is 18.7 Å². The van der Waals surface area contributed by atoms with Crippen molar-refractivity contribution in [3.63, 3.8) is 0 Å². The summed E-state index contributed by atoms with van der Waals surface area (Å²) in [4.78, 5) is 12.0. The van der Waals surface area contributed by atoms with Crippen molar-refractivity contribution in [2.24, 2.45) is 0 Å². The van der Waals surface area contributed by atoms with E-state index in [0.29, 0.717) is 19.0 Å². The predicted molar refractivity (Wildman–Crippen MR) is 138 cm³/mol. The molecular weight excluding hydrogens is 444 g/mol. The predicted octanol–water partition coefficient (Wildman–Crippen LogP) is 7.56. The minimum absolute atomic E-state index is 0.194. The van der Waals surface area contributed by atoms with Crippen molar-refractivity contribution in [1.29, 1.82) is 0 Å². The molecule has 5 rings (SSSR count). The zero-order chi connectivity index (χ0) is 23.5. The molecule has 0 radical (unpaired) electrons. The summed E-state index contributed by atoms with van der Waals surface area (Å²) in [6.07, 6.45) is 2.95. The summed E-state index contributed by atoms with van der Waals surface area (Å²) in [5.74, 6) is 0.448. The molecule has 3 aromatic carbocycles. The fraction of sp³-hybridized carbons (Fsp3) is 0.207. The molecule has 2 aromatic heterocycles. The number of para-hydroxylation sites is 1. The number of carbonyl (C=O) groups excluding carboxylic acids is 1. The first-order chi connectivity index (χ1) is 16.7. The quantitative estimate of drug-likeness (QED) is 0.220. The number of fused-ring (bicyclic) bond motifs is 3. The molecule has 0 saturated heterocycles. The summed E-state index contributed by atoms with van der Waals surface area (Å²) in [5.41, 5.74) is 6.48. The van der Waals surface area contributed by atoms with Gasteiger partial charge < -0.3 is 13.9 Å². The smallest absolute Gasteiger partial charge is 0.310 e. The zero-order valence-corrected chi connectivity index (χ0v) is 20.1. The van der Waals surface area contributed by atoms with Crippen molar-refractivity contribution >= 4 is 38.4 Å². The molecule has 5 aromatic rings. The Kier molecular flexibility index (Phi) is 6.37. The number of hydrogen-bond donors (Lipinski definition) is 0. The van der Waals surface area contributed by atoms with E-state index < -0.39 is 0 Å². The highest BCUT2D eigenvalue weighted by molar-refractivity contribution is 7.18. The van der Waals surface area contributed by atoms with Crippen LogP contribution in [0.1, 0.15) is 30.5 Å². The molecule has 4 nitrogen and oxygen atoms in total. The second-order valence-electron chi connectivity index (χ2n) is 8.16. The van der Waals surface area contributed by atoms with E-state index in [9.17, 15) is 4.79 Å². The molecule has 0 spiro atoms. The van der Waals surface area contributed by atoms with Crippen LogP contribution in [0.5, 0.6) is 5.75 Å². The normalized spacial score (nSPS) is 11.2. The largest absolute Gasteiger partial charge is 0.489 e. The number of benzene rings is 3. The van der Waals surface area contributed by atoms with Crippen LogP contribution in [0, 0.1) is 0 Å². The van der Waals surface area contributed by atoms with Crippen molar-refractivity contribution in [1.82, 2.24) is 0 Å². The molecule has 2 heterocycles. The number of rotatable bonds is 8. The van der Waals surface area contributed by atoms with Gasteiger partial charge >= 0.3 is 5.97 Å². The molecule has 34 heavy (non-hydrogen) atoms. The monoisotopic (exact) mass is 470 g/mol. The number of ether oxygens (including phenoxy) is 2. The van der Waals surface area contributed by atoms with E-state index in [0.717, 1.165) is 44.2 Å². The topological polar surface area (TPSA) is 48.7 Å². The third-order valence-corrected chi connectivity index (χ3v) is 7.05. The summed E-state index contributed by atoms with van der Waals surface area (Å²) >= 11 is 1.67. The van der Waals surface area contributed by atoms with E-state index in [-0.39, 0.29) is 12.4 Å². The molecule has 0 aliphatic carbocycles. The van der Waals surface area contributed by atoms with Gasteiger partial charge in [0, 0.05) is 21.9 Å². The maximum atomic E-state index is 12.0. The summed E-state index contributed by atoms with van der Waals surface area (Å²) in [6, 6.07) is 20.6. The van der Waals surface area contributed by atoms with Crippen molar-refractivity contribution in [2.75, 3.05) is 6.61 Å². The fourth-order valence-electron chi connectivity index (χ4n) is 4.28. The highest BCUT2D eigenvalue weighted by atomic mass is 32.1. The maximum absolute atomic E-state index is 12.0. The van der Waals surface area contributed by atoms with Crippen LogP contribution in [0.25, 0.3) is 32.2 Å². The lowest BCUT2D eigenvalue weighted by atomic mass is 9.97. The Bertz CT molecular complexity index is 1460. The van der Waals surface area contributed by atoms with E-state index in [4.69, 9.17) is 13.9 Å². The van der Waals surface area contributed by atoms with Crippen LogP contribution in [-0.2, 0) is 29.0 Å². The van der Waals surface area contributed by atoms with E-state index in [1.807, 2.05) is 37.3 Å². The zero-order valence-electron chi connectivity index (χ0n) is 19.3. The van der Waals surface area contributed by atoms with Crippen molar-refractivity contribution in [3.8, 4) is 16.9 Å². The van der Waals surface area contributed by atoms with Gasteiger partial charge in [-0.1, -0.05) is 49.4 Å². The maximum Gasteiger partial charge on any atom is 0.310 e. The van der Waals surface area contributed by atoms with Crippen LogP contribution in [0.3, 0.4) is 0 Å². The molecule has 0 bridgehead atoms. The Morgan fingerprint density at radius 1 is 0.971 bits per heavy atom. The first-order valence-electron chi connectivity index (χ1n) is 11.5. The number of hydrogen-bond acceptors (Lipinski definition) is 5. The number of carbonyl (C=O) groups is 1. The van der Waals surface area contributed by atoms with Gasteiger partial charge in [0.15, 0.2) is 5.58 Å². The van der Waals surface area contributed by atoms with Crippen LogP contribution in [0.15, 0.2) is 76.7 Å². The lowest BCUT2D eigenvalue weighted by molar-refractivity contribution is -0.142. The summed E-state index contributed by atoms with van der Waals surface area (Å²) < 4.78 is 18.4. The molecular formula is C29H26O4S. The van der Waals surface area contributed by atoms with Gasteiger partial charge in [0.25, 0.3) is 0 Å². The second-order valence-corrected chi connectivity index (χ2v) is 9.04. The summed E-state index contributed by atoms with van der Waals surface area (Å²) in [5, 5.41) is 4.38. The molecule has 0 aliphatic rings. The van der Waals surface area contributed by atoms with Crippen LogP contribution < -0.4 is 4.74 Å².